The van der Waals surface area contributed by atoms with Crippen LogP contribution in [-0.2, 0) is 4.74 Å². The van der Waals surface area contributed by atoms with Gasteiger partial charge in [0.05, 0.1) is 24.4 Å². The molecule has 7 heteroatoms. The molecular weight excluding hydrogens is 386 g/mol. The first-order chi connectivity index (χ1) is 14.1. The number of furan rings is 1. The van der Waals surface area contributed by atoms with E-state index in [0.717, 1.165) is 23.6 Å². The molecule has 29 heavy (non-hydrogen) atoms. The number of nitrogens with zero attached hydrogens (tertiary/aromatic N) is 2. The summed E-state index contributed by atoms with van der Waals surface area (Å²) in [6.45, 7) is 2.80. The van der Waals surface area contributed by atoms with Crippen molar-refractivity contribution in [1.82, 2.24) is 15.2 Å². The number of carbonyl (C=O) groups excluding carboxylic acids is 1. The Hall–Kier alpha value is -3.19. The third-order valence-electron chi connectivity index (χ3n) is 5.02. The summed E-state index contributed by atoms with van der Waals surface area (Å²) >= 11 is 5.55. The highest BCUT2D eigenvalue weighted by Gasteiger charge is 2.40. The third-order valence-corrected chi connectivity index (χ3v) is 5.38. The number of likely N-dealkylation sites (N-methyl/N-ethyl adjacent to an activating group) is 1. The van der Waals surface area contributed by atoms with Crippen molar-refractivity contribution < 1.29 is 13.9 Å². The van der Waals surface area contributed by atoms with Crippen molar-refractivity contribution in [2.45, 2.75) is 19.0 Å². The van der Waals surface area contributed by atoms with E-state index >= 15 is 0 Å². The Bertz CT molecular complexity index is 1030. The van der Waals surface area contributed by atoms with Crippen LogP contribution in [0.15, 0.2) is 65.2 Å². The zero-order valence-electron chi connectivity index (χ0n) is 16.2. The van der Waals surface area contributed by atoms with E-state index < -0.39 is 0 Å². The third kappa shape index (κ3) is 3.61. The molecular formula is C22H21N3O3S. The minimum absolute atomic E-state index is 0.107. The van der Waals surface area contributed by atoms with Crippen LogP contribution in [0.2, 0.25) is 0 Å². The van der Waals surface area contributed by atoms with Gasteiger partial charge in [-0.25, -0.2) is 4.79 Å². The summed E-state index contributed by atoms with van der Waals surface area (Å²) < 4.78 is 11.0. The monoisotopic (exact) mass is 407 g/mol. The van der Waals surface area contributed by atoms with Gasteiger partial charge in [-0.3, -0.25) is 4.98 Å². The first-order valence-electron chi connectivity index (χ1n) is 9.39. The zero-order valence-corrected chi connectivity index (χ0v) is 17.0. The summed E-state index contributed by atoms with van der Waals surface area (Å²) in [6, 6.07) is 16.7. The average molecular weight is 407 g/mol. The Morgan fingerprint density at radius 1 is 1.24 bits per heavy atom. The molecule has 0 radical (unpaired) electrons. The molecule has 1 aliphatic rings. The average Bonchev–Trinajstić information content (AvgIpc) is 3.38. The number of ether oxygens (including phenoxy) is 1. The van der Waals surface area contributed by atoms with Gasteiger partial charge in [-0.1, -0.05) is 18.2 Å². The lowest BCUT2D eigenvalue weighted by atomic mass is 10.0. The summed E-state index contributed by atoms with van der Waals surface area (Å²) in [6.07, 6.45) is 1.78. The van der Waals surface area contributed by atoms with E-state index in [-0.39, 0.29) is 18.1 Å². The van der Waals surface area contributed by atoms with Gasteiger partial charge in [0, 0.05) is 18.3 Å². The van der Waals surface area contributed by atoms with E-state index in [9.17, 15) is 4.79 Å². The maximum absolute atomic E-state index is 11.8. The van der Waals surface area contributed by atoms with Gasteiger partial charge < -0.3 is 19.4 Å². The van der Waals surface area contributed by atoms with Crippen molar-refractivity contribution >= 4 is 23.3 Å². The van der Waals surface area contributed by atoms with Crippen LogP contribution in [0.3, 0.4) is 0 Å². The van der Waals surface area contributed by atoms with Gasteiger partial charge in [0.2, 0.25) is 0 Å². The van der Waals surface area contributed by atoms with Crippen LogP contribution in [0.4, 0.5) is 0 Å². The molecule has 0 aliphatic carbocycles. The fourth-order valence-corrected chi connectivity index (χ4v) is 4.01. The molecule has 2 aromatic heterocycles. The lowest BCUT2D eigenvalue weighted by molar-refractivity contribution is 0.0601. The van der Waals surface area contributed by atoms with Crippen molar-refractivity contribution in [3.05, 3.63) is 77.8 Å². The van der Waals surface area contributed by atoms with Crippen LogP contribution in [0.5, 0.6) is 0 Å². The Labute approximate surface area is 174 Å². The van der Waals surface area contributed by atoms with Gasteiger partial charge in [-0.2, -0.15) is 0 Å². The molecule has 3 heterocycles. The van der Waals surface area contributed by atoms with Crippen LogP contribution in [0, 0.1) is 0 Å². The number of rotatable bonds is 5. The number of methoxy groups -OCH3 is 1. The van der Waals surface area contributed by atoms with Crippen LogP contribution in [0.25, 0.3) is 11.3 Å². The van der Waals surface area contributed by atoms with Crippen molar-refractivity contribution in [2.24, 2.45) is 0 Å². The molecule has 1 N–H and O–H groups in total. The highest BCUT2D eigenvalue weighted by molar-refractivity contribution is 7.80. The van der Waals surface area contributed by atoms with E-state index in [0.29, 0.717) is 16.4 Å². The second-order valence-electron chi connectivity index (χ2n) is 6.69. The quantitative estimate of drug-likeness (QED) is 0.504. The van der Waals surface area contributed by atoms with Gasteiger partial charge in [0.15, 0.2) is 5.11 Å². The number of aromatic nitrogens is 1. The number of hydrogen-bond donors (Lipinski definition) is 1. The van der Waals surface area contributed by atoms with E-state index in [1.165, 1.54) is 7.11 Å². The molecule has 0 saturated carbocycles. The van der Waals surface area contributed by atoms with Gasteiger partial charge in [0.25, 0.3) is 0 Å². The van der Waals surface area contributed by atoms with Crippen LogP contribution in [0.1, 0.15) is 40.8 Å². The van der Waals surface area contributed by atoms with E-state index in [1.807, 2.05) is 42.5 Å². The highest BCUT2D eigenvalue weighted by Crippen LogP contribution is 2.40. The second-order valence-corrected chi connectivity index (χ2v) is 7.07. The van der Waals surface area contributed by atoms with Gasteiger partial charge >= 0.3 is 5.97 Å². The second kappa shape index (κ2) is 8.05. The van der Waals surface area contributed by atoms with Crippen molar-refractivity contribution in [2.75, 3.05) is 13.7 Å². The topological polar surface area (TPSA) is 67.6 Å². The molecule has 3 aromatic rings. The molecule has 0 unspecified atom stereocenters. The number of carbonyl (C=O) groups is 1. The molecule has 0 amide bonds. The fraction of sp³-hybridized carbons (Fsp3) is 0.227. The fourth-order valence-electron chi connectivity index (χ4n) is 3.64. The van der Waals surface area contributed by atoms with Gasteiger partial charge in [0.1, 0.15) is 17.6 Å². The summed E-state index contributed by atoms with van der Waals surface area (Å²) in [7, 11) is 1.37. The maximum Gasteiger partial charge on any atom is 0.337 e. The molecule has 2 atom stereocenters. The first kappa shape index (κ1) is 19.1. The van der Waals surface area contributed by atoms with Crippen molar-refractivity contribution in [3.63, 3.8) is 0 Å². The van der Waals surface area contributed by atoms with E-state index in [2.05, 4.69) is 22.1 Å². The smallest absolute Gasteiger partial charge is 0.337 e. The predicted molar refractivity (Wildman–Crippen MR) is 113 cm³/mol. The number of nitrogens with one attached hydrogen (secondary N) is 1. The first-order valence-corrected chi connectivity index (χ1v) is 9.79. The molecule has 148 valence electrons. The van der Waals surface area contributed by atoms with Crippen LogP contribution >= 0.6 is 12.2 Å². The predicted octanol–water partition coefficient (Wildman–Crippen LogP) is 4.12. The standard InChI is InChI=1S/C22H21N3O3S/c1-3-25-20(19(24-22(25)29)16-9-4-5-12-23-16)18-11-10-17(28-18)14-7-6-8-15(13-14)21(26)27-2/h4-13,19-20H,3H2,1-2H3,(H,24,29)/t19-,20-/m0/s1. The Balaban J connectivity index is 1.70. The number of pyridine rings is 1. The largest absolute Gasteiger partial charge is 0.465 e. The minimum Gasteiger partial charge on any atom is -0.465 e. The Morgan fingerprint density at radius 3 is 2.83 bits per heavy atom. The van der Waals surface area contributed by atoms with E-state index in [1.54, 1.807) is 18.3 Å². The molecule has 1 fully saturated rings. The van der Waals surface area contributed by atoms with E-state index in [4.69, 9.17) is 21.4 Å². The molecule has 4 rings (SSSR count). The normalized spacial score (nSPS) is 18.6. The lowest BCUT2D eigenvalue weighted by Gasteiger charge is -2.24. The SMILES string of the molecule is CCN1C(=S)N[C@@H](c2ccccn2)[C@@H]1c1ccc(-c2cccc(C(=O)OC)c2)o1. The summed E-state index contributed by atoms with van der Waals surface area (Å²) in [5.41, 5.74) is 2.19. The Morgan fingerprint density at radius 2 is 2.10 bits per heavy atom. The lowest BCUT2D eigenvalue weighted by Crippen LogP contribution is -2.29. The van der Waals surface area contributed by atoms with Crippen LogP contribution < -0.4 is 5.32 Å². The number of benzene rings is 1. The van der Waals surface area contributed by atoms with Crippen LogP contribution in [-0.4, -0.2) is 34.6 Å². The maximum atomic E-state index is 11.8. The molecule has 1 aromatic carbocycles. The summed E-state index contributed by atoms with van der Waals surface area (Å²) in [5.74, 6) is 1.09. The van der Waals surface area contributed by atoms with Crippen molar-refractivity contribution in [1.29, 1.82) is 0 Å². The van der Waals surface area contributed by atoms with Gasteiger partial charge in [-0.15, -0.1) is 0 Å². The molecule has 0 spiro atoms. The highest BCUT2D eigenvalue weighted by atomic mass is 32.1. The minimum atomic E-state index is -0.378. The van der Waals surface area contributed by atoms with Gasteiger partial charge in [-0.05, 0) is 55.5 Å². The summed E-state index contributed by atoms with van der Waals surface area (Å²) in [5, 5.41) is 4.05. The number of hydrogen-bond acceptors (Lipinski definition) is 5. The molecule has 1 saturated heterocycles. The molecule has 6 nitrogen and oxygen atoms in total. The Kier molecular flexibility index (Phi) is 5.31. The zero-order chi connectivity index (χ0) is 20.4. The van der Waals surface area contributed by atoms with Crippen molar-refractivity contribution in [3.8, 4) is 11.3 Å². The number of esters is 1. The summed E-state index contributed by atoms with van der Waals surface area (Å²) in [4.78, 5) is 18.4. The molecule has 1 aliphatic heterocycles. The molecule has 0 bridgehead atoms. The number of thiocarbonyl (C=S) groups is 1.